The van der Waals surface area contributed by atoms with E-state index in [4.69, 9.17) is 0 Å². The van der Waals surface area contributed by atoms with Crippen molar-refractivity contribution < 1.29 is 9.59 Å². The minimum absolute atomic E-state index is 0.0748. The molecular formula is C21H27N3O2. The summed E-state index contributed by atoms with van der Waals surface area (Å²) < 4.78 is 0. The van der Waals surface area contributed by atoms with Crippen molar-refractivity contribution in [2.75, 3.05) is 20.6 Å². The van der Waals surface area contributed by atoms with Crippen LogP contribution < -0.4 is 10.6 Å². The molecule has 0 bridgehead atoms. The van der Waals surface area contributed by atoms with Crippen LogP contribution in [0.25, 0.3) is 0 Å². The van der Waals surface area contributed by atoms with Crippen LogP contribution in [0.5, 0.6) is 0 Å². The maximum absolute atomic E-state index is 12.1. The van der Waals surface area contributed by atoms with Crippen LogP contribution in [-0.4, -0.2) is 37.4 Å². The van der Waals surface area contributed by atoms with Gasteiger partial charge in [0, 0.05) is 31.6 Å². The number of hydrogen-bond acceptors (Lipinski definition) is 3. The molecule has 0 fully saturated rings. The van der Waals surface area contributed by atoms with Gasteiger partial charge in [-0.1, -0.05) is 42.0 Å². The Morgan fingerprint density at radius 2 is 1.69 bits per heavy atom. The van der Waals surface area contributed by atoms with Crippen LogP contribution in [-0.2, 0) is 17.9 Å². The van der Waals surface area contributed by atoms with E-state index in [-0.39, 0.29) is 18.2 Å². The van der Waals surface area contributed by atoms with E-state index in [1.807, 2.05) is 57.4 Å². The topological polar surface area (TPSA) is 61.4 Å². The number of rotatable bonds is 8. The Hall–Kier alpha value is -2.66. The van der Waals surface area contributed by atoms with E-state index in [0.717, 1.165) is 17.7 Å². The molecule has 2 aromatic carbocycles. The van der Waals surface area contributed by atoms with Crippen molar-refractivity contribution in [2.45, 2.75) is 26.4 Å². The van der Waals surface area contributed by atoms with E-state index < -0.39 is 0 Å². The smallest absolute Gasteiger partial charge is 0.251 e. The van der Waals surface area contributed by atoms with Gasteiger partial charge in [0.2, 0.25) is 5.91 Å². The predicted octanol–water partition coefficient (Wildman–Crippen LogP) is 2.49. The summed E-state index contributed by atoms with van der Waals surface area (Å²) in [6, 6.07) is 15.5. The van der Waals surface area contributed by atoms with Crippen LogP contribution in [0.1, 0.15) is 33.5 Å². The van der Waals surface area contributed by atoms with Gasteiger partial charge in [-0.25, -0.2) is 0 Å². The van der Waals surface area contributed by atoms with Crippen molar-refractivity contribution in [2.24, 2.45) is 0 Å². The Kier molecular flexibility index (Phi) is 7.36. The molecule has 2 rings (SSSR count). The summed E-state index contributed by atoms with van der Waals surface area (Å²) in [4.78, 5) is 26.2. The highest BCUT2D eigenvalue weighted by Crippen LogP contribution is 2.10. The first kappa shape index (κ1) is 19.7. The third-order valence-electron chi connectivity index (χ3n) is 4.00. The van der Waals surface area contributed by atoms with E-state index in [1.54, 1.807) is 6.07 Å². The van der Waals surface area contributed by atoms with Crippen molar-refractivity contribution in [1.29, 1.82) is 0 Å². The van der Waals surface area contributed by atoms with E-state index in [1.165, 1.54) is 5.56 Å². The standard InChI is InChI=1S/C21H27N3O2/c1-16-7-6-10-17(13-16)21(26)22-12-11-20(25)23-14-18-8-4-5-9-19(18)15-24(2)3/h4-10,13H,11-12,14-15H2,1-3H3,(H,22,26)(H,23,25). The molecule has 0 saturated carbocycles. The molecule has 138 valence electrons. The van der Waals surface area contributed by atoms with E-state index >= 15 is 0 Å². The fourth-order valence-electron chi connectivity index (χ4n) is 2.69. The second kappa shape index (κ2) is 9.73. The molecule has 0 aromatic heterocycles. The first-order valence-corrected chi connectivity index (χ1v) is 8.79. The van der Waals surface area contributed by atoms with Crippen LogP contribution in [0.15, 0.2) is 48.5 Å². The van der Waals surface area contributed by atoms with E-state index in [2.05, 4.69) is 21.6 Å². The number of carbonyl (C=O) groups is 2. The van der Waals surface area contributed by atoms with Gasteiger partial charge in [0.1, 0.15) is 0 Å². The highest BCUT2D eigenvalue weighted by molar-refractivity contribution is 5.94. The number of carbonyl (C=O) groups excluding carboxylic acids is 2. The van der Waals surface area contributed by atoms with Crippen molar-refractivity contribution in [3.63, 3.8) is 0 Å². The molecule has 0 spiro atoms. The minimum Gasteiger partial charge on any atom is -0.352 e. The monoisotopic (exact) mass is 353 g/mol. The van der Waals surface area contributed by atoms with Crippen LogP contribution in [0, 0.1) is 6.92 Å². The molecule has 2 aromatic rings. The van der Waals surface area contributed by atoms with Gasteiger partial charge >= 0.3 is 0 Å². The number of nitrogens with one attached hydrogen (secondary N) is 2. The Bertz CT molecular complexity index is 756. The first-order valence-electron chi connectivity index (χ1n) is 8.79. The number of nitrogens with zero attached hydrogens (tertiary/aromatic N) is 1. The molecule has 0 heterocycles. The Morgan fingerprint density at radius 1 is 0.962 bits per heavy atom. The van der Waals surface area contributed by atoms with Gasteiger partial charge in [-0.3, -0.25) is 9.59 Å². The van der Waals surface area contributed by atoms with Gasteiger partial charge in [0.25, 0.3) is 5.91 Å². The third-order valence-corrected chi connectivity index (χ3v) is 4.00. The van der Waals surface area contributed by atoms with Crippen LogP contribution in [0.3, 0.4) is 0 Å². The molecule has 0 aliphatic rings. The minimum atomic E-state index is -0.155. The normalized spacial score (nSPS) is 10.6. The summed E-state index contributed by atoms with van der Waals surface area (Å²) in [5.41, 5.74) is 3.96. The van der Waals surface area contributed by atoms with Crippen LogP contribution in [0.2, 0.25) is 0 Å². The fraction of sp³-hybridized carbons (Fsp3) is 0.333. The second-order valence-electron chi connectivity index (χ2n) is 6.66. The fourth-order valence-corrected chi connectivity index (χ4v) is 2.69. The van der Waals surface area contributed by atoms with Crippen molar-refractivity contribution >= 4 is 11.8 Å². The molecule has 0 radical (unpaired) electrons. The van der Waals surface area contributed by atoms with Crippen LogP contribution in [0.4, 0.5) is 0 Å². The van der Waals surface area contributed by atoms with Gasteiger partial charge in [-0.15, -0.1) is 0 Å². The maximum Gasteiger partial charge on any atom is 0.251 e. The zero-order valence-electron chi connectivity index (χ0n) is 15.7. The van der Waals surface area contributed by atoms with Gasteiger partial charge in [0.05, 0.1) is 0 Å². The third kappa shape index (κ3) is 6.33. The average molecular weight is 353 g/mol. The van der Waals surface area contributed by atoms with Crippen LogP contribution >= 0.6 is 0 Å². The zero-order valence-corrected chi connectivity index (χ0v) is 15.7. The summed E-state index contributed by atoms with van der Waals surface area (Å²) in [6.45, 7) is 3.59. The molecule has 5 nitrogen and oxygen atoms in total. The van der Waals surface area contributed by atoms with Gasteiger partial charge in [-0.2, -0.15) is 0 Å². The molecule has 0 aliphatic heterocycles. The lowest BCUT2D eigenvalue weighted by atomic mass is 10.1. The number of amides is 2. The molecule has 2 N–H and O–H groups in total. The Morgan fingerprint density at radius 3 is 2.38 bits per heavy atom. The van der Waals surface area contributed by atoms with E-state index in [0.29, 0.717) is 18.7 Å². The molecular weight excluding hydrogens is 326 g/mol. The zero-order chi connectivity index (χ0) is 18.9. The molecule has 5 heteroatoms. The first-order chi connectivity index (χ1) is 12.5. The Labute approximate surface area is 155 Å². The lowest BCUT2D eigenvalue weighted by Gasteiger charge is -2.14. The molecule has 2 amide bonds. The SMILES string of the molecule is Cc1cccc(C(=O)NCCC(=O)NCc2ccccc2CN(C)C)c1. The van der Waals surface area contributed by atoms with Gasteiger partial charge in [0.15, 0.2) is 0 Å². The molecule has 0 saturated heterocycles. The highest BCUT2D eigenvalue weighted by Gasteiger charge is 2.08. The summed E-state index contributed by atoms with van der Waals surface area (Å²) in [6.07, 6.45) is 0.257. The summed E-state index contributed by atoms with van der Waals surface area (Å²) in [5.74, 6) is -0.230. The predicted molar refractivity (Wildman–Crippen MR) is 104 cm³/mol. The van der Waals surface area contributed by atoms with Crippen molar-refractivity contribution in [3.8, 4) is 0 Å². The molecule has 26 heavy (non-hydrogen) atoms. The van der Waals surface area contributed by atoms with Crippen molar-refractivity contribution in [3.05, 3.63) is 70.8 Å². The number of aryl methyl sites for hydroxylation is 1. The van der Waals surface area contributed by atoms with Gasteiger partial charge in [-0.05, 0) is 44.3 Å². The average Bonchev–Trinajstić information content (AvgIpc) is 2.60. The number of hydrogen-bond donors (Lipinski definition) is 2. The van der Waals surface area contributed by atoms with Gasteiger partial charge < -0.3 is 15.5 Å². The number of benzene rings is 2. The maximum atomic E-state index is 12.1. The Balaban J connectivity index is 1.77. The van der Waals surface area contributed by atoms with Crippen molar-refractivity contribution in [1.82, 2.24) is 15.5 Å². The lowest BCUT2D eigenvalue weighted by Crippen LogP contribution is -2.30. The molecule has 0 unspecified atom stereocenters. The summed E-state index contributed by atoms with van der Waals surface area (Å²) in [7, 11) is 4.04. The summed E-state index contributed by atoms with van der Waals surface area (Å²) >= 11 is 0. The lowest BCUT2D eigenvalue weighted by molar-refractivity contribution is -0.121. The summed E-state index contributed by atoms with van der Waals surface area (Å²) in [5, 5.41) is 5.71. The van der Waals surface area contributed by atoms with E-state index in [9.17, 15) is 9.59 Å². The quantitative estimate of drug-likeness (QED) is 0.766. The molecule has 0 atom stereocenters. The molecule has 0 aliphatic carbocycles. The highest BCUT2D eigenvalue weighted by atomic mass is 16.2. The second-order valence-corrected chi connectivity index (χ2v) is 6.66. The largest absolute Gasteiger partial charge is 0.352 e.